The number of hydrogen-bond acceptors (Lipinski definition) is 3. The zero-order chi connectivity index (χ0) is 19.3. The van der Waals surface area contributed by atoms with Crippen LogP contribution in [0.3, 0.4) is 0 Å². The Bertz CT molecular complexity index is 872. The maximum Gasteiger partial charge on any atom is 0.243 e. The first kappa shape index (κ1) is 20.9. The Morgan fingerprint density at radius 1 is 1.23 bits per heavy atom. The SMILES string of the molecule is CCN(CC(=O)N[C@@H](C)c1cccc(Br)c1)S(=O)(=O)c1ccc(Cl)cc1. The van der Waals surface area contributed by atoms with Gasteiger partial charge in [0.1, 0.15) is 0 Å². The monoisotopic (exact) mass is 458 g/mol. The van der Waals surface area contributed by atoms with E-state index in [-0.39, 0.29) is 29.9 Å². The van der Waals surface area contributed by atoms with Crippen LogP contribution in [0, 0.1) is 0 Å². The molecule has 140 valence electrons. The van der Waals surface area contributed by atoms with Crippen LogP contribution in [-0.4, -0.2) is 31.7 Å². The Balaban J connectivity index is 2.09. The van der Waals surface area contributed by atoms with Crippen LogP contribution >= 0.6 is 27.5 Å². The zero-order valence-electron chi connectivity index (χ0n) is 14.4. The summed E-state index contributed by atoms with van der Waals surface area (Å²) in [6.07, 6.45) is 0. The molecule has 0 aliphatic heterocycles. The van der Waals surface area contributed by atoms with Gasteiger partial charge in [-0.3, -0.25) is 4.79 Å². The summed E-state index contributed by atoms with van der Waals surface area (Å²) in [4.78, 5) is 12.5. The highest BCUT2D eigenvalue weighted by Gasteiger charge is 2.25. The van der Waals surface area contributed by atoms with E-state index in [0.29, 0.717) is 5.02 Å². The first-order chi connectivity index (χ1) is 12.2. The average Bonchev–Trinajstić information content (AvgIpc) is 2.59. The van der Waals surface area contributed by atoms with Crippen molar-refractivity contribution in [2.24, 2.45) is 0 Å². The molecule has 2 rings (SSSR count). The van der Waals surface area contributed by atoms with Gasteiger partial charge >= 0.3 is 0 Å². The number of sulfonamides is 1. The Labute approximate surface area is 167 Å². The predicted octanol–water partition coefficient (Wildman–Crippen LogP) is 3.99. The van der Waals surface area contributed by atoms with Crippen LogP contribution in [0.1, 0.15) is 25.5 Å². The summed E-state index contributed by atoms with van der Waals surface area (Å²) in [7, 11) is -3.76. The molecule has 0 aromatic heterocycles. The van der Waals surface area contributed by atoms with Crippen molar-refractivity contribution < 1.29 is 13.2 Å². The highest BCUT2D eigenvalue weighted by atomic mass is 79.9. The van der Waals surface area contributed by atoms with Gasteiger partial charge in [-0.25, -0.2) is 8.42 Å². The number of benzene rings is 2. The number of carbonyl (C=O) groups excluding carboxylic acids is 1. The van der Waals surface area contributed by atoms with E-state index < -0.39 is 10.0 Å². The maximum atomic E-state index is 12.7. The van der Waals surface area contributed by atoms with Gasteiger partial charge in [0.25, 0.3) is 0 Å². The van der Waals surface area contributed by atoms with E-state index in [1.54, 1.807) is 6.92 Å². The van der Waals surface area contributed by atoms with Gasteiger partial charge in [-0.05, 0) is 48.9 Å². The quantitative estimate of drug-likeness (QED) is 0.681. The van der Waals surface area contributed by atoms with Crippen LogP contribution in [0.2, 0.25) is 5.02 Å². The van der Waals surface area contributed by atoms with Crippen LogP contribution in [0.4, 0.5) is 0 Å². The van der Waals surface area contributed by atoms with Gasteiger partial charge in [0.05, 0.1) is 17.5 Å². The largest absolute Gasteiger partial charge is 0.348 e. The van der Waals surface area contributed by atoms with E-state index in [0.717, 1.165) is 14.3 Å². The van der Waals surface area contributed by atoms with Crippen molar-refractivity contribution in [3.05, 3.63) is 63.6 Å². The van der Waals surface area contributed by atoms with Crippen LogP contribution in [0.15, 0.2) is 57.9 Å². The number of amides is 1. The summed E-state index contributed by atoms with van der Waals surface area (Å²) < 4.78 is 27.5. The topological polar surface area (TPSA) is 66.5 Å². The van der Waals surface area contributed by atoms with E-state index in [1.165, 1.54) is 24.3 Å². The molecule has 1 N–H and O–H groups in total. The van der Waals surface area contributed by atoms with Gasteiger partial charge in [0, 0.05) is 16.0 Å². The van der Waals surface area contributed by atoms with E-state index in [9.17, 15) is 13.2 Å². The lowest BCUT2D eigenvalue weighted by molar-refractivity contribution is -0.121. The number of nitrogens with one attached hydrogen (secondary N) is 1. The first-order valence-corrected chi connectivity index (χ1v) is 10.7. The third kappa shape index (κ3) is 5.30. The number of carbonyl (C=O) groups is 1. The molecule has 2 aromatic rings. The van der Waals surface area contributed by atoms with E-state index in [4.69, 9.17) is 11.6 Å². The first-order valence-electron chi connectivity index (χ1n) is 8.04. The van der Waals surface area contributed by atoms with Crippen LogP contribution in [-0.2, 0) is 14.8 Å². The summed E-state index contributed by atoms with van der Waals surface area (Å²) >= 11 is 9.21. The van der Waals surface area contributed by atoms with Crippen LogP contribution in [0.25, 0.3) is 0 Å². The molecule has 1 amide bonds. The van der Waals surface area contributed by atoms with Gasteiger partial charge in [0.2, 0.25) is 15.9 Å². The molecule has 0 aliphatic carbocycles. The van der Waals surface area contributed by atoms with Crippen molar-refractivity contribution in [1.29, 1.82) is 0 Å². The Hall–Kier alpha value is -1.41. The second-order valence-corrected chi connectivity index (χ2v) is 9.02. The summed E-state index contributed by atoms with van der Waals surface area (Å²) in [6.45, 7) is 3.48. The summed E-state index contributed by atoms with van der Waals surface area (Å²) in [5.74, 6) is -0.364. The van der Waals surface area contributed by atoms with Crippen molar-refractivity contribution in [2.45, 2.75) is 24.8 Å². The molecule has 0 aliphatic rings. The highest BCUT2D eigenvalue weighted by molar-refractivity contribution is 9.10. The van der Waals surface area contributed by atoms with Gasteiger partial charge in [-0.2, -0.15) is 4.31 Å². The summed E-state index contributed by atoms with van der Waals surface area (Å²) in [6, 6.07) is 13.2. The molecular weight excluding hydrogens is 440 g/mol. The third-order valence-electron chi connectivity index (χ3n) is 3.85. The minimum absolute atomic E-state index is 0.108. The lowest BCUT2D eigenvalue weighted by atomic mass is 10.1. The fourth-order valence-corrected chi connectivity index (χ4v) is 4.38. The Morgan fingerprint density at radius 2 is 1.88 bits per heavy atom. The molecule has 0 unspecified atom stereocenters. The van der Waals surface area contributed by atoms with Crippen molar-refractivity contribution in [3.8, 4) is 0 Å². The predicted molar refractivity (Wildman–Crippen MR) is 107 cm³/mol. The van der Waals surface area contributed by atoms with Crippen molar-refractivity contribution in [3.63, 3.8) is 0 Å². The van der Waals surface area contributed by atoms with E-state index in [2.05, 4.69) is 21.2 Å². The standard InChI is InChI=1S/C18H20BrClN2O3S/c1-3-22(26(24,25)17-9-7-16(20)8-10-17)12-18(23)21-13(2)14-5-4-6-15(19)11-14/h4-11,13H,3,12H2,1-2H3,(H,21,23)/t13-/m0/s1. The van der Waals surface area contributed by atoms with Gasteiger partial charge < -0.3 is 5.32 Å². The number of likely N-dealkylation sites (N-methyl/N-ethyl adjacent to an activating group) is 1. The second-order valence-electron chi connectivity index (χ2n) is 5.73. The molecule has 5 nitrogen and oxygen atoms in total. The molecule has 8 heteroatoms. The smallest absolute Gasteiger partial charge is 0.243 e. The van der Waals surface area contributed by atoms with Crippen LogP contribution < -0.4 is 5.32 Å². The molecule has 0 fully saturated rings. The molecule has 1 atom stereocenters. The van der Waals surface area contributed by atoms with Crippen molar-refractivity contribution in [1.82, 2.24) is 9.62 Å². The number of rotatable bonds is 7. The fraction of sp³-hybridized carbons (Fsp3) is 0.278. The molecule has 2 aromatic carbocycles. The minimum atomic E-state index is -3.76. The molecule has 0 radical (unpaired) electrons. The molecule has 0 heterocycles. The molecule has 26 heavy (non-hydrogen) atoms. The minimum Gasteiger partial charge on any atom is -0.348 e. The lowest BCUT2D eigenvalue weighted by Crippen LogP contribution is -2.41. The summed E-state index contributed by atoms with van der Waals surface area (Å²) in [5.41, 5.74) is 0.927. The van der Waals surface area contributed by atoms with Crippen molar-refractivity contribution >= 4 is 43.5 Å². The fourth-order valence-electron chi connectivity index (χ4n) is 2.43. The van der Waals surface area contributed by atoms with Gasteiger partial charge in [-0.1, -0.05) is 46.6 Å². The maximum absolute atomic E-state index is 12.7. The third-order valence-corrected chi connectivity index (χ3v) is 6.53. The van der Waals surface area contributed by atoms with Crippen molar-refractivity contribution in [2.75, 3.05) is 13.1 Å². The van der Waals surface area contributed by atoms with Gasteiger partial charge in [-0.15, -0.1) is 0 Å². The van der Waals surface area contributed by atoms with Crippen LogP contribution in [0.5, 0.6) is 0 Å². The lowest BCUT2D eigenvalue weighted by Gasteiger charge is -2.22. The Morgan fingerprint density at radius 3 is 2.46 bits per heavy atom. The molecule has 0 bridgehead atoms. The number of halogens is 2. The normalized spacial score (nSPS) is 12.8. The average molecular weight is 460 g/mol. The second kappa shape index (κ2) is 8.99. The zero-order valence-corrected chi connectivity index (χ0v) is 17.6. The highest BCUT2D eigenvalue weighted by Crippen LogP contribution is 2.20. The summed E-state index contributed by atoms with van der Waals surface area (Å²) in [5, 5.41) is 3.29. The van der Waals surface area contributed by atoms with Gasteiger partial charge in [0.15, 0.2) is 0 Å². The Kier molecular flexibility index (Phi) is 7.23. The van der Waals surface area contributed by atoms with E-state index >= 15 is 0 Å². The molecular formula is C18H20BrClN2O3S. The molecule has 0 spiro atoms. The van der Waals surface area contributed by atoms with E-state index in [1.807, 2.05) is 31.2 Å². The molecule has 0 saturated heterocycles. The molecule has 0 saturated carbocycles. The number of hydrogen-bond donors (Lipinski definition) is 1. The number of nitrogens with zero attached hydrogens (tertiary/aromatic N) is 1.